The first-order chi connectivity index (χ1) is 13.3. The Labute approximate surface area is 167 Å². The Morgan fingerprint density at radius 3 is 2.39 bits per heavy atom. The minimum absolute atomic E-state index is 0.0468. The van der Waals surface area contributed by atoms with E-state index in [0.29, 0.717) is 25.9 Å². The third kappa shape index (κ3) is 5.22. The first kappa shape index (κ1) is 20.1. The fourth-order valence-corrected chi connectivity index (χ4v) is 3.55. The average molecular weight is 379 g/mol. The van der Waals surface area contributed by atoms with Crippen molar-refractivity contribution in [1.29, 1.82) is 0 Å². The number of hydrogen-bond donors (Lipinski definition) is 1. The molecule has 0 bridgehead atoms. The smallest absolute Gasteiger partial charge is 0.227 e. The van der Waals surface area contributed by atoms with Gasteiger partial charge in [-0.15, -0.1) is 0 Å². The molecule has 1 fully saturated rings. The highest BCUT2D eigenvalue weighted by atomic mass is 16.2. The molecule has 2 aromatic rings. The van der Waals surface area contributed by atoms with Crippen LogP contribution in [0.1, 0.15) is 44.7 Å². The van der Waals surface area contributed by atoms with E-state index in [2.05, 4.69) is 50.4 Å². The number of carbonyl (C=O) groups is 2. The lowest BCUT2D eigenvalue weighted by molar-refractivity contribution is -0.121. The number of amides is 2. The van der Waals surface area contributed by atoms with E-state index in [1.54, 1.807) is 0 Å². The van der Waals surface area contributed by atoms with Crippen LogP contribution in [0, 0.1) is 5.92 Å². The summed E-state index contributed by atoms with van der Waals surface area (Å²) < 4.78 is 0. The predicted octanol–water partition coefficient (Wildman–Crippen LogP) is 4.09. The molecule has 1 unspecified atom stereocenters. The zero-order chi connectivity index (χ0) is 20.1. The van der Waals surface area contributed by atoms with E-state index in [1.165, 1.54) is 11.1 Å². The normalized spacial score (nSPS) is 17.0. The summed E-state index contributed by atoms with van der Waals surface area (Å²) in [6, 6.07) is 18.2. The van der Waals surface area contributed by atoms with Gasteiger partial charge in [-0.3, -0.25) is 9.59 Å². The molecule has 1 aliphatic heterocycles. The maximum absolute atomic E-state index is 12.3. The zero-order valence-corrected chi connectivity index (χ0v) is 17.1. The highest BCUT2D eigenvalue weighted by Gasteiger charge is 2.30. The van der Waals surface area contributed by atoms with Gasteiger partial charge in [-0.2, -0.15) is 0 Å². The van der Waals surface area contributed by atoms with Crippen molar-refractivity contribution in [3.63, 3.8) is 0 Å². The Morgan fingerprint density at radius 2 is 1.75 bits per heavy atom. The van der Waals surface area contributed by atoms with Crippen molar-refractivity contribution in [2.45, 2.75) is 45.4 Å². The summed E-state index contributed by atoms with van der Waals surface area (Å²) in [5.74, 6) is 0.345. The van der Waals surface area contributed by atoms with E-state index >= 15 is 0 Å². The first-order valence-electron chi connectivity index (χ1n) is 10.0. The third-order valence-corrected chi connectivity index (χ3v) is 5.32. The van der Waals surface area contributed by atoms with Crippen molar-refractivity contribution < 1.29 is 9.59 Å². The molecule has 1 heterocycles. The van der Waals surface area contributed by atoms with Crippen LogP contribution in [0.15, 0.2) is 54.6 Å². The molecule has 0 radical (unpaired) electrons. The molecule has 148 valence electrons. The maximum Gasteiger partial charge on any atom is 0.227 e. The van der Waals surface area contributed by atoms with Crippen LogP contribution < -0.4 is 10.2 Å². The molecule has 1 atom stereocenters. The van der Waals surface area contributed by atoms with Crippen molar-refractivity contribution in [1.82, 2.24) is 5.32 Å². The quantitative estimate of drug-likeness (QED) is 0.823. The lowest BCUT2D eigenvalue weighted by atomic mass is 9.86. The molecule has 1 saturated heterocycles. The molecular formula is C24H30N2O2. The van der Waals surface area contributed by atoms with Crippen LogP contribution in [0.2, 0.25) is 0 Å². The summed E-state index contributed by atoms with van der Waals surface area (Å²) in [6.45, 7) is 7.81. The second-order valence-corrected chi connectivity index (χ2v) is 8.66. The molecule has 0 saturated carbocycles. The fraction of sp³-hybridized carbons (Fsp3) is 0.417. The third-order valence-electron chi connectivity index (χ3n) is 5.32. The largest absolute Gasteiger partial charge is 0.356 e. The average Bonchev–Trinajstić information content (AvgIpc) is 3.06. The van der Waals surface area contributed by atoms with E-state index in [-0.39, 0.29) is 23.1 Å². The van der Waals surface area contributed by atoms with E-state index in [1.807, 2.05) is 35.2 Å². The lowest BCUT2D eigenvalue weighted by Gasteiger charge is -2.19. The Hall–Kier alpha value is -2.62. The molecule has 0 spiro atoms. The molecule has 2 aromatic carbocycles. The molecule has 3 rings (SSSR count). The first-order valence-corrected chi connectivity index (χ1v) is 10.0. The summed E-state index contributed by atoms with van der Waals surface area (Å²) in [5.41, 5.74) is 3.55. The van der Waals surface area contributed by atoms with Gasteiger partial charge in [0.2, 0.25) is 11.8 Å². The van der Waals surface area contributed by atoms with Crippen LogP contribution in [0.4, 0.5) is 5.69 Å². The number of anilines is 1. The van der Waals surface area contributed by atoms with Crippen LogP contribution >= 0.6 is 0 Å². The summed E-state index contributed by atoms with van der Waals surface area (Å²) >= 11 is 0. The standard InChI is InChI=1S/C24H30N2O2/c1-24(2,3)20-12-9-18(10-13-20)11-14-22(27)25-16-19-15-23(28)26(17-19)21-7-5-4-6-8-21/h4-10,12-13,19H,11,14-17H2,1-3H3,(H,25,27). The van der Waals surface area contributed by atoms with Gasteiger partial charge in [-0.1, -0.05) is 63.2 Å². The minimum atomic E-state index is 0.0468. The van der Waals surface area contributed by atoms with Crippen LogP contribution in [-0.4, -0.2) is 24.9 Å². The summed E-state index contributed by atoms with van der Waals surface area (Å²) in [6.07, 6.45) is 1.69. The molecular weight excluding hydrogens is 348 g/mol. The number of carbonyl (C=O) groups excluding carboxylic acids is 2. The topological polar surface area (TPSA) is 49.4 Å². The second kappa shape index (κ2) is 8.59. The Kier molecular flexibility index (Phi) is 6.18. The minimum Gasteiger partial charge on any atom is -0.356 e. The molecule has 2 amide bonds. The van der Waals surface area contributed by atoms with Gasteiger partial charge >= 0.3 is 0 Å². The SMILES string of the molecule is CC(C)(C)c1ccc(CCC(=O)NCC2CC(=O)N(c3ccccc3)C2)cc1. The van der Waals surface area contributed by atoms with Crippen LogP contribution in [-0.2, 0) is 21.4 Å². The number of rotatable bonds is 6. The van der Waals surface area contributed by atoms with E-state index in [4.69, 9.17) is 0 Å². The molecule has 0 aliphatic carbocycles. The van der Waals surface area contributed by atoms with Gasteiger partial charge in [-0.05, 0) is 35.1 Å². The highest BCUT2D eigenvalue weighted by molar-refractivity contribution is 5.95. The van der Waals surface area contributed by atoms with E-state index in [0.717, 1.165) is 12.1 Å². The molecule has 28 heavy (non-hydrogen) atoms. The van der Waals surface area contributed by atoms with Crippen molar-refractivity contribution >= 4 is 17.5 Å². The number of aryl methyl sites for hydroxylation is 1. The Bertz CT molecular complexity index is 807. The molecule has 1 aliphatic rings. The van der Waals surface area contributed by atoms with Crippen molar-refractivity contribution in [2.24, 2.45) is 5.92 Å². The predicted molar refractivity (Wildman–Crippen MR) is 113 cm³/mol. The number of hydrogen-bond acceptors (Lipinski definition) is 2. The number of nitrogens with zero attached hydrogens (tertiary/aromatic N) is 1. The van der Waals surface area contributed by atoms with Crippen molar-refractivity contribution in [3.05, 3.63) is 65.7 Å². The van der Waals surface area contributed by atoms with Crippen LogP contribution in [0.25, 0.3) is 0 Å². The lowest BCUT2D eigenvalue weighted by Crippen LogP contribution is -2.31. The summed E-state index contributed by atoms with van der Waals surface area (Å²) in [7, 11) is 0. The number of nitrogens with one attached hydrogen (secondary N) is 1. The summed E-state index contributed by atoms with van der Waals surface area (Å²) in [4.78, 5) is 26.3. The van der Waals surface area contributed by atoms with Gasteiger partial charge in [0.05, 0.1) is 0 Å². The highest BCUT2D eigenvalue weighted by Crippen LogP contribution is 2.24. The van der Waals surface area contributed by atoms with Crippen molar-refractivity contribution in [2.75, 3.05) is 18.0 Å². The molecule has 1 N–H and O–H groups in total. The fourth-order valence-electron chi connectivity index (χ4n) is 3.55. The zero-order valence-electron chi connectivity index (χ0n) is 17.1. The van der Waals surface area contributed by atoms with Gasteiger partial charge < -0.3 is 10.2 Å². The van der Waals surface area contributed by atoms with Crippen LogP contribution in [0.3, 0.4) is 0 Å². The van der Waals surface area contributed by atoms with Gasteiger partial charge in [0, 0.05) is 37.5 Å². The number of benzene rings is 2. The second-order valence-electron chi connectivity index (χ2n) is 8.66. The number of para-hydroxylation sites is 1. The molecule has 4 heteroatoms. The Morgan fingerprint density at radius 1 is 1.07 bits per heavy atom. The van der Waals surface area contributed by atoms with Gasteiger partial charge in [0.15, 0.2) is 0 Å². The maximum atomic E-state index is 12.3. The Balaban J connectivity index is 1.43. The molecule has 0 aromatic heterocycles. The van der Waals surface area contributed by atoms with Gasteiger partial charge in [0.25, 0.3) is 0 Å². The molecule has 4 nitrogen and oxygen atoms in total. The monoisotopic (exact) mass is 378 g/mol. The van der Waals surface area contributed by atoms with Crippen LogP contribution in [0.5, 0.6) is 0 Å². The van der Waals surface area contributed by atoms with Gasteiger partial charge in [-0.25, -0.2) is 0 Å². The van der Waals surface area contributed by atoms with Crippen molar-refractivity contribution in [3.8, 4) is 0 Å². The van der Waals surface area contributed by atoms with E-state index < -0.39 is 0 Å². The summed E-state index contributed by atoms with van der Waals surface area (Å²) in [5, 5.41) is 3.01. The van der Waals surface area contributed by atoms with E-state index in [9.17, 15) is 9.59 Å². The van der Waals surface area contributed by atoms with Gasteiger partial charge in [0.1, 0.15) is 0 Å².